The number of likely N-dealkylation sites (N-methyl/N-ethyl adjacent to an activating group) is 1. The summed E-state index contributed by atoms with van der Waals surface area (Å²) >= 11 is 0. The molecule has 1 heterocycles. The van der Waals surface area contributed by atoms with Crippen LogP contribution in [0.4, 0.5) is 5.69 Å². The van der Waals surface area contributed by atoms with Crippen LogP contribution in [0.2, 0.25) is 0 Å². The van der Waals surface area contributed by atoms with Crippen molar-refractivity contribution in [3.8, 4) is 0 Å². The Labute approximate surface area is 185 Å². The minimum absolute atomic E-state index is 0.0564. The van der Waals surface area contributed by atoms with E-state index in [1.807, 2.05) is 25.1 Å². The Morgan fingerprint density at radius 3 is 2.13 bits per heavy atom. The van der Waals surface area contributed by atoms with Crippen molar-refractivity contribution in [2.75, 3.05) is 25.0 Å². The highest BCUT2D eigenvalue weighted by molar-refractivity contribution is 7.89. The highest BCUT2D eigenvalue weighted by Gasteiger charge is 2.16. The van der Waals surface area contributed by atoms with Crippen LogP contribution in [-0.2, 0) is 14.8 Å². The predicted octanol–water partition coefficient (Wildman–Crippen LogP) is 3.95. The molecule has 3 rings (SSSR count). The second-order valence-corrected chi connectivity index (χ2v) is 9.63. The van der Waals surface area contributed by atoms with E-state index in [2.05, 4.69) is 17.0 Å². The lowest BCUT2D eigenvalue weighted by molar-refractivity contribution is -0.126. The Morgan fingerprint density at radius 1 is 1.00 bits per heavy atom. The first kappa shape index (κ1) is 23.0. The molecule has 1 atom stereocenters. The third-order valence-corrected chi connectivity index (χ3v) is 6.83. The molecule has 7 heteroatoms. The summed E-state index contributed by atoms with van der Waals surface area (Å²) in [5.74, 6) is -0.125. The normalized spacial score (nSPS) is 16.2. The first-order valence-corrected chi connectivity index (χ1v) is 12.2. The van der Waals surface area contributed by atoms with E-state index in [1.165, 1.54) is 43.5 Å². The minimum atomic E-state index is -3.73. The highest BCUT2D eigenvalue weighted by Crippen LogP contribution is 2.22. The number of primary sulfonamides is 1. The highest BCUT2D eigenvalue weighted by atomic mass is 32.2. The molecule has 6 nitrogen and oxygen atoms in total. The summed E-state index contributed by atoms with van der Waals surface area (Å²) in [6, 6.07) is 14.4. The van der Waals surface area contributed by atoms with Gasteiger partial charge in [0.25, 0.3) is 0 Å². The molecule has 2 aromatic rings. The van der Waals surface area contributed by atoms with Gasteiger partial charge in [-0.2, -0.15) is 0 Å². The molecule has 1 saturated heterocycles. The minimum Gasteiger partial charge on any atom is -0.372 e. The van der Waals surface area contributed by atoms with Crippen LogP contribution in [0, 0.1) is 0 Å². The molecule has 0 spiro atoms. The third-order valence-electron chi connectivity index (χ3n) is 5.90. The van der Waals surface area contributed by atoms with Gasteiger partial charge >= 0.3 is 0 Å². The van der Waals surface area contributed by atoms with Crippen molar-refractivity contribution in [1.82, 2.24) is 4.90 Å². The number of anilines is 1. The number of amides is 1. The molecule has 0 saturated carbocycles. The Bertz CT molecular complexity index is 1010. The van der Waals surface area contributed by atoms with Crippen molar-refractivity contribution in [1.29, 1.82) is 0 Å². The fraction of sp³-hybridized carbons (Fsp3) is 0.375. The summed E-state index contributed by atoms with van der Waals surface area (Å²) in [7, 11) is -2.00. The van der Waals surface area contributed by atoms with Gasteiger partial charge in [-0.3, -0.25) is 4.79 Å². The zero-order valence-corrected chi connectivity index (χ0v) is 19.0. The summed E-state index contributed by atoms with van der Waals surface area (Å²) in [5, 5.41) is 5.14. The Kier molecular flexibility index (Phi) is 7.51. The average Bonchev–Trinajstić information content (AvgIpc) is 3.06. The fourth-order valence-corrected chi connectivity index (χ4v) is 4.28. The number of rotatable bonds is 6. The SMILES string of the molecule is CC(c1ccc(S(N)(=O)=O)cc1)N(C)C(=O)/C=C/c1ccc(N2CCCCCC2)cc1. The maximum Gasteiger partial charge on any atom is 0.246 e. The monoisotopic (exact) mass is 441 g/mol. The van der Waals surface area contributed by atoms with Gasteiger partial charge in [-0.25, -0.2) is 13.6 Å². The first-order valence-electron chi connectivity index (χ1n) is 10.7. The van der Waals surface area contributed by atoms with E-state index < -0.39 is 10.0 Å². The van der Waals surface area contributed by atoms with Crippen LogP contribution in [0.15, 0.2) is 59.5 Å². The molecule has 31 heavy (non-hydrogen) atoms. The van der Waals surface area contributed by atoms with Crippen LogP contribution in [0.1, 0.15) is 49.8 Å². The zero-order valence-electron chi connectivity index (χ0n) is 18.2. The molecule has 1 aliphatic heterocycles. The molecule has 0 aliphatic carbocycles. The van der Waals surface area contributed by atoms with Crippen LogP contribution in [-0.4, -0.2) is 39.4 Å². The van der Waals surface area contributed by atoms with E-state index in [1.54, 1.807) is 30.2 Å². The number of benzene rings is 2. The predicted molar refractivity (Wildman–Crippen MR) is 125 cm³/mol. The van der Waals surface area contributed by atoms with Crippen molar-refractivity contribution in [2.24, 2.45) is 5.14 Å². The van der Waals surface area contributed by atoms with E-state index in [-0.39, 0.29) is 16.8 Å². The Hall–Kier alpha value is -2.64. The standard InChI is InChI=1S/C24H31N3O3S/c1-19(21-10-14-23(15-11-21)31(25,29)30)26(2)24(28)16-9-20-7-12-22(13-8-20)27-17-5-3-4-6-18-27/h7-16,19H,3-6,17-18H2,1-2H3,(H2,25,29,30)/b16-9+. The topological polar surface area (TPSA) is 83.7 Å². The van der Waals surface area contributed by atoms with Gasteiger partial charge in [-0.1, -0.05) is 37.1 Å². The summed E-state index contributed by atoms with van der Waals surface area (Å²) in [6.07, 6.45) is 8.48. The lowest BCUT2D eigenvalue weighted by Gasteiger charge is -2.24. The molecule has 1 fully saturated rings. The van der Waals surface area contributed by atoms with Crippen LogP contribution in [0.25, 0.3) is 6.08 Å². The maximum absolute atomic E-state index is 12.6. The van der Waals surface area contributed by atoms with Crippen LogP contribution in [0.5, 0.6) is 0 Å². The summed E-state index contributed by atoms with van der Waals surface area (Å²) < 4.78 is 22.8. The number of nitrogens with zero attached hydrogens (tertiary/aromatic N) is 2. The number of carbonyl (C=O) groups is 1. The van der Waals surface area contributed by atoms with Gasteiger partial charge in [-0.15, -0.1) is 0 Å². The van der Waals surface area contributed by atoms with Crippen molar-refractivity contribution in [2.45, 2.75) is 43.5 Å². The van der Waals surface area contributed by atoms with E-state index >= 15 is 0 Å². The maximum atomic E-state index is 12.6. The quantitative estimate of drug-likeness (QED) is 0.688. The molecule has 2 aromatic carbocycles. The molecule has 0 radical (unpaired) electrons. The van der Waals surface area contributed by atoms with Crippen molar-refractivity contribution in [3.05, 3.63) is 65.7 Å². The molecular formula is C24H31N3O3S. The number of nitrogens with two attached hydrogens (primary N) is 1. The van der Waals surface area contributed by atoms with E-state index in [0.29, 0.717) is 0 Å². The van der Waals surface area contributed by atoms with Crippen molar-refractivity contribution >= 4 is 27.7 Å². The second kappa shape index (κ2) is 10.1. The molecule has 166 valence electrons. The largest absolute Gasteiger partial charge is 0.372 e. The smallest absolute Gasteiger partial charge is 0.246 e. The molecule has 0 bridgehead atoms. The van der Waals surface area contributed by atoms with Gasteiger partial charge < -0.3 is 9.80 Å². The first-order chi connectivity index (χ1) is 14.8. The van der Waals surface area contributed by atoms with E-state index in [4.69, 9.17) is 5.14 Å². The van der Waals surface area contributed by atoms with E-state index in [0.717, 1.165) is 24.2 Å². The summed E-state index contributed by atoms with van der Waals surface area (Å²) in [4.78, 5) is 16.7. The molecule has 1 amide bonds. The van der Waals surface area contributed by atoms with Gasteiger partial charge in [0.15, 0.2) is 0 Å². The number of hydrogen-bond donors (Lipinski definition) is 1. The number of hydrogen-bond acceptors (Lipinski definition) is 4. The lowest BCUT2D eigenvalue weighted by atomic mass is 10.1. The van der Waals surface area contributed by atoms with Crippen molar-refractivity contribution in [3.63, 3.8) is 0 Å². The Balaban J connectivity index is 1.62. The number of sulfonamides is 1. The van der Waals surface area contributed by atoms with Crippen LogP contribution >= 0.6 is 0 Å². The summed E-state index contributed by atoms with van der Waals surface area (Å²) in [6.45, 7) is 4.11. The molecule has 0 aromatic heterocycles. The van der Waals surface area contributed by atoms with E-state index in [9.17, 15) is 13.2 Å². The van der Waals surface area contributed by atoms with Gasteiger partial charge in [0.2, 0.25) is 15.9 Å². The number of carbonyl (C=O) groups excluding carboxylic acids is 1. The fourth-order valence-electron chi connectivity index (χ4n) is 3.76. The Morgan fingerprint density at radius 2 is 1.58 bits per heavy atom. The van der Waals surface area contributed by atoms with Crippen molar-refractivity contribution < 1.29 is 13.2 Å². The van der Waals surface area contributed by atoms with Gasteiger partial charge in [0.05, 0.1) is 10.9 Å². The third kappa shape index (κ3) is 6.18. The summed E-state index contributed by atoms with van der Waals surface area (Å²) in [5.41, 5.74) is 3.04. The molecule has 1 aliphatic rings. The average molecular weight is 442 g/mol. The molecular weight excluding hydrogens is 410 g/mol. The zero-order chi connectivity index (χ0) is 22.4. The van der Waals surface area contributed by atoms with Crippen LogP contribution in [0.3, 0.4) is 0 Å². The second-order valence-electron chi connectivity index (χ2n) is 8.07. The van der Waals surface area contributed by atoms with Crippen LogP contribution < -0.4 is 10.0 Å². The van der Waals surface area contributed by atoms with Gasteiger partial charge in [0.1, 0.15) is 0 Å². The molecule has 2 N–H and O–H groups in total. The van der Waals surface area contributed by atoms with Gasteiger partial charge in [0, 0.05) is 31.9 Å². The molecule has 1 unspecified atom stereocenters. The van der Waals surface area contributed by atoms with Gasteiger partial charge in [-0.05, 0) is 61.2 Å². The lowest BCUT2D eigenvalue weighted by Crippen LogP contribution is -2.28.